The third-order valence-corrected chi connectivity index (χ3v) is 4.28. The molecular formula is C18H17F2N3O4. The second kappa shape index (κ2) is 7.26. The molecule has 1 aromatic carbocycles. The zero-order valence-electron chi connectivity index (χ0n) is 14.6. The number of halogens is 2. The number of nitrogens with zero attached hydrogens (tertiary/aromatic N) is 3. The quantitative estimate of drug-likeness (QED) is 0.571. The number of rotatable bonds is 6. The van der Waals surface area contributed by atoms with E-state index in [2.05, 4.69) is 4.98 Å². The highest BCUT2D eigenvalue weighted by Gasteiger charge is 2.44. The van der Waals surface area contributed by atoms with Gasteiger partial charge in [-0.25, -0.2) is 9.78 Å². The molecule has 9 heteroatoms. The van der Waals surface area contributed by atoms with Crippen molar-refractivity contribution < 1.29 is 27.9 Å². The zero-order valence-corrected chi connectivity index (χ0v) is 14.6. The molecule has 0 saturated heterocycles. The fourth-order valence-electron chi connectivity index (χ4n) is 2.99. The monoisotopic (exact) mass is 377 g/mol. The van der Waals surface area contributed by atoms with Gasteiger partial charge in [0, 0.05) is 12.4 Å². The van der Waals surface area contributed by atoms with Gasteiger partial charge >= 0.3 is 12.5 Å². The van der Waals surface area contributed by atoms with Gasteiger partial charge < -0.3 is 4.74 Å². The molecule has 7 nitrogen and oxygen atoms in total. The molecule has 0 fully saturated rings. The van der Waals surface area contributed by atoms with Crippen LogP contribution in [0.5, 0.6) is 0 Å². The Morgan fingerprint density at radius 3 is 2.26 bits per heavy atom. The van der Waals surface area contributed by atoms with Gasteiger partial charge in [-0.05, 0) is 18.1 Å². The van der Waals surface area contributed by atoms with E-state index in [4.69, 9.17) is 4.74 Å². The number of benzene rings is 1. The van der Waals surface area contributed by atoms with Gasteiger partial charge in [0.25, 0.3) is 11.8 Å². The highest BCUT2D eigenvalue weighted by Crippen LogP contribution is 2.28. The minimum absolute atomic E-state index is 0.136. The van der Waals surface area contributed by atoms with Gasteiger partial charge in [-0.3, -0.25) is 19.1 Å². The summed E-state index contributed by atoms with van der Waals surface area (Å²) in [6.45, 7) is 0.00611. The summed E-state index contributed by atoms with van der Waals surface area (Å²) in [5.74, 6) is -2.60. The lowest BCUT2D eigenvalue weighted by atomic mass is 10.0. The summed E-state index contributed by atoms with van der Waals surface area (Å²) >= 11 is 0. The van der Waals surface area contributed by atoms with E-state index in [9.17, 15) is 23.2 Å². The average Bonchev–Trinajstić information content (AvgIpc) is 3.19. The van der Waals surface area contributed by atoms with E-state index in [-0.39, 0.29) is 17.0 Å². The number of alkyl halides is 2. The van der Waals surface area contributed by atoms with Crippen molar-refractivity contribution in [2.24, 2.45) is 5.92 Å². The van der Waals surface area contributed by atoms with Crippen LogP contribution in [0.1, 0.15) is 46.9 Å². The van der Waals surface area contributed by atoms with Gasteiger partial charge in [0.05, 0.1) is 11.1 Å². The van der Waals surface area contributed by atoms with Gasteiger partial charge in [0.15, 0.2) is 5.82 Å². The Bertz CT molecular complexity index is 859. The van der Waals surface area contributed by atoms with Gasteiger partial charge in [-0.1, -0.05) is 26.0 Å². The van der Waals surface area contributed by atoms with Crippen molar-refractivity contribution in [3.8, 4) is 0 Å². The molecule has 2 aromatic rings. The van der Waals surface area contributed by atoms with Gasteiger partial charge in [0.2, 0.25) is 0 Å². The second-order valence-corrected chi connectivity index (χ2v) is 6.35. The Hall–Kier alpha value is -3.10. The fourth-order valence-corrected chi connectivity index (χ4v) is 2.99. The van der Waals surface area contributed by atoms with Crippen molar-refractivity contribution in [1.29, 1.82) is 0 Å². The molecule has 1 aliphatic rings. The molecule has 0 spiro atoms. The van der Waals surface area contributed by atoms with Gasteiger partial charge in [-0.2, -0.15) is 8.78 Å². The molecule has 2 heterocycles. The van der Waals surface area contributed by atoms with Gasteiger partial charge in [-0.15, -0.1) is 0 Å². The molecule has 0 aliphatic carbocycles. The Labute approximate surface area is 153 Å². The summed E-state index contributed by atoms with van der Waals surface area (Å²) < 4.78 is 31.4. The smallest absolute Gasteiger partial charge is 0.330 e. The van der Waals surface area contributed by atoms with E-state index in [1.54, 1.807) is 26.0 Å². The third-order valence-electron chi connectivity index (χ3n) is 4.28. The van der Waals surface area contributed by atoms with E-state index in [1.165, 1.54) is 18.3 Å². The molecule has 0 radical (unpaired) electrons. The predicted octanol–water partition coefficient (Wildman–Crippen LogP) is 2.64. The summed E-state index contributed by atoms with van der Waals surface area (Å²) in [6, 6.07) is 5.10. The second-order valence-electron chi connectivity index (χ2n) is 6.35. The first-order chi connectivity index (χ1) is 12.8. The molecule has 1 aromatic heterocycles. The maximum Gasteiger partial charge on any atom is 0.330 e. The molecule has 0 N–H and O–H groups in total. The maximum atomic E-state index is 12.9. The first-order valence-corrected chi connectivity index (χ1v) is 8.26. The van der Waals surface area contributed by atoms with Crippen molar-refractivity contribution in [3.05, 3.63) is 53.6 Å². The molecule has 2 amide bonds. The number of aromatic nitrogens is 2. The highest BCUT2D eigenvalue weighted by atomic mass is 19.3. The van der Waals surface area contributed by atoms with Crippen molar-refractivity contribution >= 4 is 17.8 Å². The number of amides is 2. The van der Waals surface area contributed by atoms with Crippen LogP contribution in [0.2, 0.25) is 0 Å². The average molecular weight is 377 g/mol. The number of carbonyl (C=O) groups excluding carboxylic acids is 3. The SMILES string of the molecule is CC(C)[C@H](C(=O)OCc1nccn1C(F)F)N1C(=O)c2ccccc2C1=O. The molecular weight excluding hydrogens is 360 g/mol. The molecule has 1 atom stereocenters. The molecule has 1 aliphatic heterocycles. The zero-order chi connectivity index (χ0) is 19.7. The van der Waals surface area contributed by atoms with Crippen molar-refractivity contribution in [2.45, 2.75) is 33.0 Å². The van der Waals surface area contributed by atoms with Crippen molar-refractivity contribution in [3.63, 3.8) is 0 Å². The Morgan fingerprint density at radius 1 is 1.15 bits per heavy atom. The summed E-state index contributed by atoms with van der Waals surface area (Å²) in [5, 5.41) is 0. The normalized spacial score (nSPS) is 14.8. The molecule has 27 heavy (non-hydrogen) atoms. The fraction of sp³-hybridized carbons (Fsp3) is 0.333. The highest BCUT2D eigenvalue weighted by molar-refractivity contribution is 6.22. The lowest BCUT2D eigenvalue weighted by Crippen LogP contribution is -2.48. The molecule has 0 unspecified atom stereocenters. The Morgan fingerprint density at radius 2 is 1.74 bits per heavy atom. The van der Waals surface area contributed by atoms with E-state index >= 15 is 0 Å². The standard InChI is InChI=1S/C18H17F2N3O4/c1-10(2)14(17(26)27-9-13-21-7-8-22(13)18(19)20)23-15(24)11-5-3-4-6-12(11)16(23)25/h3-8,10,14,18H,9H2,1-2H3/t14-/m1/s1. The van der Waals surface area contributed by atoms with E-state index in [0.29, 0.717) is 4.57 Å². The molecule has 0 bridgehead atoms. The lowest BCUT2D eigenvalue weighted by molar-refractivity contribution is -0.151. The number of ether oxygens (including phenoxy) is 1. The number of carbonyl (C=O) groups is 3. The van der Waals surface area contributed by atoms with Gasteiger partial charge in [0.1, 0.15) is 12.6 Å². The summed E-state index contributed by atoms with van der Waals surface area (Å²) in [4.78, 5) is 42.4. The van der Waals surface area contributed by atoms with Crippen LogP contribution >= 0.6 is 0 Å². The minimum Gasteiger partial charge on any atom is -0.456 e. The van der Waals surface area contributed by atoms with Crippen LogP contribution in [0.4, 0.5) is 8.78 Å². The first-order valence-electron chi connectivity index (χ1n) is 8.26. The number of imide groups is 1. The van der Waals surface area contributed by atoms with E-state index in [1.807, 2.05) is 0 Å². The summed E-state index contributed by atoms with van der Waals surface area (Å²) in [5.41, 5.74) is 0.434. The molecule has 0 saturated carbocycles. The maximum absolute atomic E-state index is 12.9. The third kappa shape index (κ3) is 3.32. The number of esters is 1. The first kappa shape index (κ1) is 18.7. The van der Waals surface area contributed by atoms with Crippen LogP contribution in [0.25, 0.3) is 0 Å². The summed E-state index contributed by atoms with van der Waals surface area (Å²) in [6.07, 6.45) is 2.23. The van der Waals surface area contributed by atoms with E-state index in [0.717, 1.165) is 11.1 Å². The number of hydrogen-bond donors (Lipinski definition) is 0. The molecule has 142 valence electrons. The Kier molecular flexibility index (Phi) is 5.02. The van der Waals surface area contributed by atoms with Crippen LogP contribution in [0.15, 0.2) is 36.7 Å². The lowest BCUT2D eigenvalue weighted by Gasteiger charge is -2.27. The topological polar surface area (TPSA) is 81.5 Å². The van der Waals surface area contributed by atoms with Crippen LogP contribution in [-0.2, 0) is 16.1 Å². The largest absolute Gasteiger partial charge is 0.456 e. The van der Waals surface area contributed by atoms with Crippen LogP contribution in [-0.4, -0.2) is 38.3 Å². The predicted molar refractivity (Wildman–Crippen MR) is 88.8 cm³/mol. The minimum atomic E-state index is -2.82. The summed E-state index contributed by atoms with van der Waals surface area (Å²) in [7, 11) is 0. The Balaban J connectivity index is 1.80. The molecule has 3 rings (SSSR count). The van der Waals surface area contributed by atoms with Crippen LogP contribution < -0.4 is 0 Å². The van der Waals surface area contributed by atoms with Crippen molar-refractivity contribution in [1.82, 2.24) is 14.5 Å². The van der Waals surface area contributed by atoms with Crippen LogP contribution in [0, 0.1) is 5.92 Å². The number of imidazole rings is 1. The number of fused-ring (bicyclic) bond motifs is 1. The number of hydrogen-bond acceptors (Lipinski definition) is 5. The van der Waals surface area contributed by atoms with Crippen molar-refractivity contribution in [2.75, 3.05) is 0 Å². The van der Waals surface area contributed by atoms with Crippen LogP contribution in [0.3, 0.4) is 0 Å². The van der Waals surface area contributed by atoms with E-state index < -0.39 is 42.9 Å².